The van der Waals surface area contributed by atoms with Crippen LogP contribution in [0.4, 0.5) is 5.69 Å². The highest BCUT2D eigenvalue weighted by Crippen LogP contribution is 2.30. The van der Waals surface area contributed by atoms with Gasteiger partial charge >= 0.3 is 0 Å². The predicted octanol–water partition coefficient (Wildman–Crippen LogP) is 3.27. The fraction of sp³-hybridized carbons (Fsp3) is 0.538. The number of sulfonamides is 1. The van der Waals surface area contributed by atoms with E-state index in [1.807, 2.05) is 0 Å². The van der Waals surface area contributed by atoms with Crippen LogP contribution in [0.3, 0.4) is 0 Å². The average Bonchev–Trinajstić information content (AvgIpc) is 2.42. The Morgan fingerprint density at radius 2 is 1.95 bits per heavy atom. The quantitative estimate of drug-likeness (QED) is 0.867. The molecule has 0 saturated carbocycles. The minimum Gasteiger partial charge on any atom is -0.314 e. The van der Waals surface area contributed by atoms with Gasteiger partial charge in [-0.05, 0) is 37.9 Å². The van der Waals surface area contributed by atoms with Gasteiger partial charge in [0.05, 0.1) is 21.5 Å². The van der Waals surface area contributed by atoms with Crippen molar-refractivity contribution in [1.82, 2.24) is 5.32 Å². The molecule has 1 aliphatic rings. The second-order valence-electron chi connectivity index (χ2n) is 4.95. The maximum Gasteiger partial charge on any atom is 0.232 e. The van der Waals surface area contributed by atoms with E-state index in [0.717, 1.165) is 25.8 Å². The van der Waals surface area contributed by atoms with Gasteiger partial charge in [-0.15, -0.1) is 0 Å². The normalized spacial score (nSPS) is 19.8. The number of hydrogen-bond acceptors (Lipinski definition) is 3. The van der Waals surface area contributed by atoms with Gasteiger partial charge in [0.1, 0.15) is 0 Å². The second-order valence-corrected chi connectivity index (χ2v) is 7.61. The molecule has 112 valence electrons. The molecule has 0 aromatic heterocycles. The molecule has 2 rings (SSSR count). The van der Waals surface area contributed by atoms with E-state index in [1.54, 1.807) is 18.2 Å². The lowest BCUT2D eigenvalue weighted by atomic mass is 10.0. The van der Waals surface area contributed by atoms with E-state index in [1.165, 1.54) is 0 Å². The first-order valence-electron chi connectivity index (χ1n) is 6.66. The number of piperidine rings is 1. The summed E-state index contributed by atoms with van der Waals surface area (Å²) in [5.41, 5.74) is 0.257. The number of rotatable bonds is 5. The van der Waals surface area contributed by atoms with Gasteiger partial charge in [0, 0.05) is 6.04 Å². The number of benzene rings is 1. The third-order valence-corrected chi connectivity index (χ3v) is 5.29. The van der Waals surface area contributed by atoms with E-state index in [-0.39, 0.29) is 17.5 Å². The summed E-state index contributed by atoms with van der Waals surface area (Å²) >= 11 is 11.9. The molecule has 0 aliphatic carbocycles. The van der Waals surface area contributed by atoms with Gasteiger partial charge in [-0.1, -0.05) is 35.7 Å². The van der Waals surface area contributed by atoms with E-state index in [4.69, 9.17) is 23.2 Å². The zero-order valence-corrected chi connectivity index (χ0v) is 13.4. The van der Waals surface area contributed by atoms with E-state index in [9.17, 15) is 8.42 Å². The fourth-order valence-corrected chi connectivity index (χ4v) is 4.10. The standard InChI is InChI=1S/C13H18Cl2N2O2S/c14-11-5-3-6-12(15)13(11)17-20(18,19)9-7-10-4-1-2-8-16-10/h3,5-6,10,16-17H,1-2,4,7-9H2. The van der Waals surface area contributed by atoms with Crippen LogP contribution in [0, 0.1) is 0 Å². The van der Waals surface area contributed by atoms with Crippen molar-refractivity contribution in [3.63, 3.8) is 0 Å². The maximum absolute atomic E-state index is 12.1. The van der Waals surface area contributed by atoms with Crippen molar-refractivity contribution in [2.24, 2.45) is 0 Å². The van der Waals surface area contributed by atoms with E-state index >= 15 is 0 Å². The van der Waals surface area contributed by atoms with Crippen LogP contribution >= 0.6 is 23.2 Å². The number of halogens is 2. The maximum atomic E-state index is 12.1. The average molecular weight is 337 g/mol. The molecule has 1 fully saturated rings. The fourth-order valence-electron chi connectivity index (χ4n) is 2.27. The van der Waals surface area contributed by atoms with E-state index in [2.05, 4.69) is 10.0 Å². The number of anilines is 1. The molecule has 20 heavy (non-hydrogen) atoms. The smallest absolute Gasteiger partial charge is 0.232 e. The van der Waals surface area contributed by atoms with Crippen LogP contribution < -0.4 is 10.0 Å². The molecule has 1 atom stereocenters. The summed E-state index contributed by atoms with van der Waals surface area (Å²) < 4.78 is 26.7. The Labute approximate surface area is 129 Å². The highest BCUT2D eigenvalue weighted by Gasteiger charge is 2.19. The van der Waals surface area contributed by atoms with Gasteiger partial charge in [-0.2, -0.15) is 0 Å². The van der Waals surface area contributed by atoms with Crippen LogP contribution in [0.5, 0.6) is 0 Å². The van der Waals surface area contributed by atoms with Crippen molar-refractivity contribution >= 4 is 38.9 Å². The molecule has 1 aromatic rings. The van der Waals surface area contributed by atoms with Crippen LogP contribution in [0.1, 0.15) is 25.7 Å². The first-order chi connectivity index (χ1) is 9.48. The van der Waals surface area contributed by atoms with Gasteiger partial charge in [-0.25, -0.2) is 8.42 Å². The summed E-state index contributed by atoms with van der Waals surface area (Å²) in [6, 6.07) is 5.16. The number of hydrogen-bond donors (Lipinski definition) is 2. The van der Waals surface area contributed by atoms with Crippen molar-refractivity contribution in [1.29, 1.82) is 0 Å². The first-order valence-corrected chi connectivity index (χ1v) is 9.07. The summed E-state index contributed by atoms with van der Waals surface area (Å²) in [4.78, 5) is 0. The lowest BCUT2D eigenvalue weighted by Crippen LogP contribution is -2.36. The Kier molecular flexibility index (Phi) is 5.55. The molecule has 1 aromatic carbocycles. The summed E-state index contributed by atoms with van der Waals surface area (Å²) in [5.74, 6) is 0.0617. The van der Waals surface area contributed by atoms with Gasteiger partial charge < -0.3 is 5.32 Å². The largest absolute Gasteiger partial charge is 0.314 e. The molecule has 1 aliphatic heterocycles. The molecule has 0 amide bonds. The Morgan fingerprint density at radius 3 is 2.55 bits per heavy atom. The Bertz CT molecular complexity index is 537. The molecule has 1 unspecified atom stereocenters. The van der Waals surface area contributed by atoms with Crippen molar-refractivity contribution < 1.29 is 8.42 Å². The minimum absolute atomic E-state index is 0.0617. The molecule has 1 heterocycles. The highest BCUT2D eigenvalue weighted by atomic mass is 35.5. The molecule has 2 N–H and O–H groups in total. The molecular weight excluding hydrogens is 319 g/mol. The van der Waals surface area contributed by atoms with Crippen LogP contribution in [-0.4, -0.2) is 26.8 Å². The Hall–Kier alpha value is -0.490. The second kappa shape index (κ2) is 6.98. The molecule has 7 heteroatoms. The van der Waals surface area contributed by atoms with E-state index in [0.29, 0.717) is 16.5 Å². The van der Waals surface area contributed by atoms with Crippen molar-refractivity contribution in [2.45, 2.75) is 31.7 Å². The van der Waals surface area contributed by atoms with Gasteiger partial charge in [0.15, 0.2) is 0 Å². The number of para-hydroxylation sites is 1. The SMILES string of the molecule is O=S(=O)(CCC1CCCCN1)Nc1c(Cl)cccc1Cl. The third kappa shape index (κ3) is 4.52. The highest BCUT2D eigenvalue weighted by molar-refractivity contribution is 7.92. The Morgan fingerprint density at radius 1 is 1.25 bits per heavy atom. The van der Waals surface area contributed by atoms with Crippen LogP contribution in [0.15, 0.2) is 18.2 Å². The predicted molar refractivity (Wildman–Crippen MR) is 84.1 cm³/mol. The Balaban J connectivity index is 1.96. The van der Waals surface area contributed by atoms with Gasteiger partial charge in [0.25, 0.3) is 0 Å². The zero-order valence-electron chi connectivity index (χ0n) is 11.0. The first kappa shape index (κ1) is 15.9. The lowest BCUT2D eigenvalue weighted by molar-refractivity contribution is 0.393. The monoisotopic (exact) mass is 336 g/mol. The summed E-state index contributed by atoms with van der Waals surface area (Å²) in [7, 11) is -3.44. The van der Waals surface area contributed by atoms with Gasteiger partial charge in [-0.3, -0.25) is 4.72 Å². The minimum atomic E-state index is -3.44. The molecule has 4 nitrogen and oxygen atoms in total. The number of nitrogens with one attached hydrogen (secondary N) is 2. The lowest BCUT2D eigenvalue weighted by Gasteiger charge is -2.23. The molecular formula is C13H18Cl2N2O2S. The van der Waals surface area contributed by atoms with Crippen LogP contribution in [0.25, 0.3) is 0 Å². The summed E-state index contributed by atoms with van der Waals surface area (Å²) in [5, 5.41) is 3.94. The van der Waals surface area contributed by atoms with Crippen molar-refractivity contribution in [3.05, 3.63) is 28.2 Å². The summed E-state index contributed by atoms with van der Waals surface area (Å²) in [6.07, 6.45) is 3.94. The summed E-state index contributed by atoms with van der Waals surface area (Å²) in [6.45, 7) is 0.967. The molecule has 0 radical (unpaired) electrons. The third-order valence-electron chi connectivity index (χ3n) is 3.37. The molecule has 0 bridgehead atoms. The molecule has 0 spiro atoms. The van der Waals surface area contributed by atoms with E-state index < -0.39 is 10.0 Å². The van der Waals surface area contributed by atoms with Crippen LogP contribution in [0.2, 0.25) is 10.0 Å². The molecule has 1 saturated heterocycles. The van der Waals surface area contributed by atoms with Gasteiger partial charge in [0.2, 0.25) is 10.0 Å². The van der Waals surface area contributed by atoms with Crippen molar-refractivity contribution in [2.75, 3.05) is 17.0 Å². The van der Waals surface area contributed by atoms with Crippen LogP contribution in [-0.2, 0) is 10.0 Å². The zero-order chi connectivity index (χ0) is 14.6. The van der Waals surface area contributed by atoms with Crippen molar-refractivity contribution in [3.8, 4) is 0 Å². The topological polar surface area (TPSA) is 58.2 Å².